The summed E-state index contributed by atoms with van der Waals surface area (Å²) in [5, 5.41) is 3.00. The summed E-state index contributed by atoms with van der Waals surface area (Å²) in [6.45, 7) is 0.343. The van der Waals surface area contributed by atoms with Crippen molar-refractivity contribution < 1.29 is 18.6 Å². The van der Waals surface area contributed by atoms with Crippen molar-refractivity contribution in [3.63, 3.8) is 0 Å². The Morgan fingerprint density at radius 1 is 1.03 bits per heavy atom. The lowest BCUT2D eigenvalue weighted by Gasteiger charge is -2.11. The first-order valence-electron chi connectivity index (χ1n) is 8.74. The summed E-state index contributed by atoms with van der Waals surface area (Å²) in [4.78, 5) is 8.52. The quantitative estimate of drug-likeness (QED) is 0.464. The van der Waals surface area contributed by atoms with E-state index in [0.717, 1.165) is 11.3 Å². The lowest BCUT2D eigenvalue weighted by molar-refractivity contribution is 0.355. The summed E-state index contributed by atoms with van der Waals surface area (Å²) in [6.07, 6.45) is 1.64. The minimum atomic E-state index is -0.321. The highest BCUT2D eigenvalue weighted by molar-refractivity contribution is 5.92. The normalized spacial score (nSPS) is 11.1. The van der Waals surface area contributed by atoms with E-state index >= 15 is 0 Å². The number of rotatable bonds is 7. The Morgan fingerprint density at radius 3 is 2.45 bits per heavy atom. The number of pyridine rings is 1. The second kappa shape index (κ2) is 9.41. The number of aliphatic imine (C=N–C) groups is 1. The highest BCUT2D eigenvalue weighted by Crippen LogP contribution is 2.29. The van der Waals surface area contributed by atoms with Crippen LogP contribution in [0.4, 0.5) is 10.1 Å². The van der Waals surface area contributed by atoms with Crippen molar-refractivity contribution in [2.45, 2.75) is 6.54 Å². The van der Waals surface area contributed by atoms with Gasteiger partial charge in [-0.15, -0.1) is 0 Å². The van der Waals surface area contributed by atoms with Crippen LogP contribution in [-0.4, -0.2) is 25.2 Å². The molecule has 3 N–H and O–H groups in total. The van der Waals surface area contributed by atoms with Gasteiger partial charge in [0, 0.05) is 24.0 Å². The van der Waals surface area contributed by atoms with Crippen LogP contribution in [0.3, 0.4) is 0 Å². The van der Waals surface area contributed by atoms with Gasteiger partial charge in [-0.1, -0.05) is 6.07 Å². The number of guanidine groups is 1. The standard InChI is InChI=1S/C21H21FN4O3/c1-27-18-9-6-16(11-19(18)28-2)26-21(23)25-13-14-3-10-20(24-12-14)29-17-7-4-15(22)5-8-17/h3-12H,13H2,1-2H3,(H3,23,25,26). The van der Waals surface area contributed by atoms with Crippen LogP contribution in [0.5, 0.6) is 23.1 Å². The maximum Gasteiger partial charge on any atom is 0.219 e. The molecule has 8 heteroatoms. The van der Waals surface area contributed by atoms with Gasteiger partial charge in [-0.3, -0.25) is 0 Å². The number of methoxy groups -OCH3 is 2. The minimum absolute atomic E-state index is 0.254. The molecular weight excluding hydrogens is 375 g/mol. The fourth-order valence-corrected chi connectivity index (χ4v) is 2.47. The third kappa shape index (κ3) is 5.58. The van der Waals surface area contributed by atoms with Crippen molar-refractivity contribution in [3.05, 3.63) is 72.2 Å². The van der Waals surface area contributed by atoms with Crippen LogP contribution in [0.15, 0.2) is 65.8 Å². The Bertz CT molecular complexity index is 976. The first-order valence-corrected chi connectivity index (χ1v) is 8.74. The molecule has 0 atom stereocenters. The molecule has 3 aromatic rings. The summed E-state index contributed by atoms with van der Waals surface area (Å²) in [7, 11) is 3.14. The lowest BCUT2D eigenvalue weighted by atomic mass is 10.2. The van der Waals surface area contributed by atoms with E-state index in [4.69, 9.17) is 19.9 Å². The molecule has 7 nitrogen and oxygen atoms in total. The summed E-state index contributed by atoms with van der Waals surface area (Å²) in [5.74, 6) is 2.06. The number of hydrogen-bond donors (Lipinski definition) is 2. The largest absolute Gasteiger partial charge is 0.493 e. The number of hydrogen-bond acceptors (Lipinski definition) is 5. The van der Waals surface area contributed by atoms with Crippen LogP contribution >= 0.6 is 0 Å². The van der Waals surface area contributed by atoms with Gasteiger partial charge in [-0.25, -0.2) is 14.4 Å². The van der Waals surface area contributed by atoms with E-state index in [2.05, 4.69) is 15.3 Å². The van der Waals surface area contributed by atoms with Gasteiger partial charge in [0.25, 0.3) is 0 Å². The third-order valence-corrected chi connectivity index (χ3v) is 3.92. The van der Waals surface area contributed by atoms with Gasteiger partial charge >= 0.3 is 0 Å². The van der Waals surface area contributed by atoms with Crippen molar-refractivity contribution in [1.29, 1.82) is 0 Å². The van der Waals surface area contributed by atoms with Gasteiger partial charge in [0.2, 0.25) is 5.88 Å². The monoisotopic (exact) mass is 396 g/mol. The molecule has 0 unspecified atom stereocenters. The number of halogens is 1. The molecule has 1 heterocycles. The van der Waals surface area contributed by atoms with Crippen LogP contribution < -0.4 is 25.3 Å². The molecule has 0 bridgehead atoms. The fourth-order valence-electron chi connectivity index (χ4n) is 2.47. The highest BCUT2D eigenvalue weighted by atomic mass is 19.1. The second-order valence-corrected chi connectivity index (χ2v) is 5.96. The smallest absolute Gasteiger partial charge is 0.219 e. The van der Waals surface area contributed by atoms with Gasteiger partial charge in [-0.2, -0.15) is 0 Å². The highest BCUT2D eigenvalue weighted by Gasteiger charge is 2.05. The zero-order chi connectivity index (χ0) is 20.6. The Balaban J connectivity index is 1.58. The zero-order valence-corrected chi connectivity index (χ0v) is 16.1. The first-order chi connectivity index (χ1) is 14.1. The number of ether oxygens (including phenoxy) is 3. The number of benzene rings is 2. The molecule has 150 valence electrons. The van der Waals surface area contributed by atoms with Crippen molar-refractivity contribution in [1.82, 2.24) is 4.98 Å². The molecule has 0 saturated carbocycles. The summed E-state index contributed by atoms with van der Waals surface area (Å²) in [5.41, 5.74) is 7.53. The van der Waals surface area contributed by atoms with Gasteiger partial charge < -0.3 is 25.3 Å². The Labute approximate surface area is 168 Å². The Kier molecular flexibility index (Phi) is 6.47. The number of aromatic nitrogens is 1. The predicted molar refractivity (Wildman–Crippen MR) is 109 cm³/mol. The van der Waals surface area contributed by atoms with Crippen molar-refractivity contribution in [3.8, 4) is 23.1 Å². The minimum Gasteiger partial charge on any atom is -0.493 e. The predicted octanol–water partition coefficient (Wildman–Crippen LogP) is 3.96. The van der Waals surface area contributed by atoms with E-state index in [-0.39, 0.29) is 11.8 Å². The molecule has 0 saturated heterocycles. The number of anilines is 1. The summed E-state index contributed by atoms with van der Waals surface area (Å²) >= 11 is 0. The molecule has 0 aliphatic heterocycles. The van der Waals surface area contributed by atoms with Crippen LogP contribution in [0.25, 0.3) is 0 Å². The third-order valence-electron chi connectivity index (χ3n) is 3.92. The number of nitrogens with zero attached hydrogens (tertiary/aromatic N) is 2. The van der Waals surface area contributed by atoms with E-state index in [1.54, 1.807) is 38.6 Å². The van der Waals surface area contributed by atoms with E-state index in [0.29, 0.717) is 29.7 Å². The maximum absolute atomic E-state index is 12.9. The summed E-state index contributed by atoms with van der Waals surface area (Å²) < 4.78 is 29.0. The maximum atomic E-state index is 12.9. The average Bonchev–Trinajstić information content (AvgIpc) is 2.74. The Morgan fingerprint density at radius 2 is 1.79 bits per heavy atom. The summed E-state index contributed by atoms with van der Waals surface area (Å²) in [6, 6.07) is 14.6. The SMILES string of the molecule is COc1ccc(NC(N)=NCc2ccc(Oc3ccc(F)cc3)nc2)cc1OC. The molecule has 0 aliphatic rings. The van der Waals surface area contributed by atoms with Gasteiger partial charge in [-0.05, 0) is 42.0 Å². The number of nitrogens with two attached hydrogens (primary N) is 1. The van der Waals surface area contributed by atoms with Crippen LogP contribution in [0.2, 0.25) is 0 Å². The first kappa shape index (κ1) is 19.9. The van der Waals surface area contributed by atoms with Crippen LogP contribution in [0.1, 0.15) is 5.56 Å². The Hall–Kier alpha value is -3.81. The molecule has 0 radical (unpaired) electrons. The molecule has 29 heavy (non-hydrogen) atoms. The van der Waals surface area contributed by atoms with E-state index < -0.39 is 0 Å². The van der Waals surface area contributed by atoms with Gasteiger partial charge in [0.15, 0.2) is 17.5 Å². The molecule has 0 aliphatic carbocycles. The molecular formula is C21H21FN4O3. The molecule has 0 amide bonds. The second-order valence-electron chi connectivity index (χ2n) is 5.96. The van der Waals surface area contributed by atoms with Gasteiger partial charge in [0.05, 0.1) is 20.8 Å². The van der Waals surface area contributed by atoms with Crippen molar-refractivity contribution >= 4 is 11.6 Å². The van der Waals surface area contributed by atoms with Gasteiger partial charge in [0.1, 0.15) is 11.6 Å². The van der Waals surface area contributed by atoms with Crippen LogP contribution in [0, 0.1) is 5.82 Å². The molecule has 0 spiro atoms. The van der Waals surface area contributed by atoms with Crippen molar-refractivity contribution in [2.75, 3.05) is 19.5 Å². The lowest BCUT2D eigenvalue weighted by Crippen LogP contribution is -2.22. The van der Waals surface area contributed by atoms with E-state index in [9.17, 15) is 4.39 Å². The van der Waals surface area contributed by atoms with Crippen LogP contribution in [-0.2, 0) is 6.54 Å². The molecule has 2 aromatic carbocycles. The molecule has 1 aromatic heterocycles. The topological polar surface area (TPSA) is 91.0 Å². The van der Waals surface area contributed by atoms with E-state index in [1.165, 1.54) is 24.3 Å². The fraction of sp³-hybridized carbons (Fsp3) is 0.143. The van der Waals surface area contributed by atoms with Crippen molar-refractivity contribution in [2.24, 2.45) is 10.7 Å². The number of nitrogens with one attached hydrogen (secondary N) is 1. The zero-order valence-electron chi connectivity index (χ0n) is 16.1. The molecule has 3 rings (SSSR count). The average molecular weight is 396 g/mol. The van der Waals surface area contributed by atoms with E-state index in [1.807, 2.05) is 12.1 Å². The molecule has 0 fully saturated rings.